The van der Waals surface area contributed by atoms with Crippen LogP contribution in [0.15, 0.2) is 4.99 Å². The Kier molecular flexibility index (Phi) is 1.87. The van der Waals surface area contributed by atoms with Gasteiger partial charge in [0.05, 0.1) is 7.11 Å². The number of hydrogen-bond acceptors (Lipinski definition) is 3. The zero-order chi connectivity index (χ0) is 8.55. The first kappa shape index (κ1) is 7.77. The van der Waals surface area contributed by atoms with Gasteiger partial charge in [-0.15, -0.1) is 0 Å². The minimum Gasteiger partial charge on any atom is -0.467 e. The number of esters is 1. The quantitative estimate of drug-likeness (QED) is 0.547. The van der Waals surface area contributed by atoms with Crippen LogP contribution in [0.4, 0.5) is 0 Å². The molecule has 0 N–H and O–H groups in total. The maximum atomic E-state index is 11.2. The van der Waals surface area contributed by atoms with Gasteiger partial charge in [-0.1, -0.05) is 6.42 Å². The molecule has 1 fully saturated rings. The Labute approximate surface area is 71.8 Å². The minimum absolute atomic E-state index is 0.166. The largest absolute Gasteiger partial charge is 0.467 e. The molecule has 0 spiro atoms. The van der Waals surface area contributed by atoms with Gasteiger partial charge >= 0.3 is 5.97 Å². The van der Waals surface area contributed by atoms with Gasteiger partial charge in [0.2, 0.25) is 0 Å². The fraction of sp³-hybridized carbons (Fsp3) is 0.778. The number of fused-ring (bicyclic) bond motifs is 1. The van der Waals surface area contributed by atoms with Crippen LogP contribution in [0.5, 0.6) is 0 Å². The molecule has 1 aliphatic carbocycles. The van der Waals surface area contributed by atoms with E-state index >= 15 is 0 Å². The summed E-state index contributed by atoms with van der Waals surface area (Å²) in [6.07, 6.45) is 5.50. The lowest BCUT2D eigenvalue weighted by Crippen LogP contribution is -2.26. The maximum absolute atomic E-state index is 11.2. The van der Waals surface area contributed by atoms with Gasteiger partial charge < -0.3 is 4.74 Å². The van der Waals surface area contributed by atoms with Crippen LogP contribution in [0, 0.1) is 11.8 Å². The predicted octanol–water partition coefficient (Wildman–Crippen LogP) is 1.03. The molecule has 0 aromatic carbocycles. The monoisotopic (exact) mass is 167 g/mol. The lowest BCUT2D eigenvalue weighted by Gasteiger charge is -2.13. The molecule has 0 bridgehead atoms. The smallest absolute Gasteiger partial charge is 0.330 e. The molecule has 0 saturated heterocycles. The fourth-order valence-electron chi connectivity index (χ4n) is 2.26. The second-order valence-corrected chi connectivity index (χ2v) is 3.52. The highest BCUT2D eigenvalue weighted by atomic mass is 16.5. The second kappa shape index (κ2) is 2.88. The van der Waals surface area contributed by atoms with E-state index in [0.717, 1.165) is 6.42 Å². The van der Waals surface area contributed by atoms with Gasteiger partial charge in [0.1, 0.15) is 0 Å². The standard InChI is InChI=1S/C9H13NO2/c1-12-9(11)8-7-4-2-3-6(7)5-10-8/h5-8H,2-4H2,1H3/t6-,7-,8-/m0/s1. The van der Waals surface area contributed by atoms with Crippen molar-refractivity contribution in [1.29, 1.82) is 0 Å². The summed E-state index contributed by atoms with van der Waals surface area (Å²) in [6.45, 7) is 0. The Hall–Kier alpha value is -0.860. The normalized spacial score (nSPS) is 38.2. The van der Waals surface area contributed by atoms with Crippen molar-refractivity contribution in [3.8, 4) is 0 Å². The highest BCUT2D eigenvalue weighted by Gasteiger charge is 2.40. The molecule has 3 heteroatoms. The molecule has 1 saturated carbocycles. The third-order valence-electron chi connectivity index (χ3n) is 2.91. The summed E-state index contributed by atoms with van der Waals surface area (Å²) in [5.41, 5.74) is 0. The average molecular weight is 167 g/mol. The van der Waals surface area contributed by atoms with Crippen LogP contribution in [0.3, 0.4) is 0 Å². The summed E-state index contributed by atoms with van der Waals surface area (Å²) in [7, 11) is 1.43. The van der Waals surface area contributed by atoms with Gasteiger partial charge in [0.25, 0.3) is 0 Å². The Balaban J connectivity index is 2.09. The molecule has 0 aromatic rings. The van der Waals surface area contributed by atoms with E-state index in [1.165, 1.54) is 20.0 Å². The molecule has 0 unspecified atom stereocenters. The zero-order valence-corrected chi connectivity index (χ0v) is 7.19. The number of nitrogens with zero attached hydrogens (tertiary/aromatic N) is 1. The predicted molar refractivity (Wildman–Crippen MR) is 45.1 cm³/mol. The number of hydrogen-bond donors (Lipinski definition) is 0. The van der Waals surface area contributed by atoms with Crippen molar-refractivity contribution in [2.75, 3.05) is 7.11 Å². The lowest BCUT2D eigenvalue weighted by molar-refractivity contribution is -0.143. The van der Waals surface area contributed by atoms with Crippen molar-refractivity contribution in [3.63, 3.8) is 0 Å². The first-order valence-corrected chi connectivity index (χ1v) is 4.44. The molecule has 1 aliphatic heterocycles. The number of carbonyl (C=O) groups excluding carboxylic acids is 1. The van der Waals surface area contributed by atoms with Crippen molar-refractivity contribution in [2.45, 2.75) is 25.3 Å². The Morgan fingerprint density at radius 3 is 3.17 bits per heavy atom. The van der Waals surface area contributed by atoms with Crippen LogP contribution in [-0.2, 0) is 9.53 Å². The molecule has 3 nitrogen and oxygen atoms in total. The van der Waals surface area contributed by atoms with Crippen LogP contribution >= 0.6 is 0 Å². The second-order valence-electron chi connectivity index (χ2n) is 3.52. The number of aliphatic imine (C=N–C) groups is 1. The van der Waals surface area contributed by atoms with E-state index in [4.69, 9.17) is 0 Å². The van der Waals surface area contributed by atoms with E-state index < -0.39 is 0 Å². The molecule has 0 amide bonds. The van der Waals surface area contributed by atoms with Crippen LogP contribution in [0.1, 0.15) is 19.3 Å². The first-order chi connectivity index (χ1) is 5.83. The van der Waals surface area contributed by atoms with Crippen molar-refractivity contribution >= 4 is 12.2 Å². The SMILES string of the molecule is COC(=O)[C@H]1N=C[C@@H]2CCC[C@@H]21. The average Bonchev–Trinajstić information content (AvgIpc) is 2.62. The molecule has 2 aliphatic rings. The van der Waals surface area contributed by atoms with Gasteiger partial charge in [-0.2, -0.15) is 0 Å². The lowest BCUT2D eigenvalue weighted by atomic mass is 9.93. The van der Waals surface area contributed by atoms with E-state index in [0.29, 0.717) is 11.8 Å². The summed E-state index contributed by atoms with van der Waals surface area (Å²) in [5, 5.41) is 0. The van der Waals surface area contributed by atoms with Gasteiger partial charge in [-0.05, 0) is 24.7 Å². The van der Waals surface area contributed by atoms with Crippen LogP contribution < -0.4 is 0 Å². The van der Waals surface area contributed by atoms with E-state index in [9.17, 15) is 4.79 Å². The third-order valence-corrected chi connectivity index (χ3v) is 2.91. The number of methoxy groups -OCH3 is 1. The van der Waals surface area contributed by atoms with E-state index in [-0.39, 0.29) is 12.0 Å². The van der Waals surface area contributed by atoms with Crippen LogP contribution in [-0.4, -0.2) is 25.3 Å². The first-order valence-electron chi connectivity index (χ1n) is 4.44. The summed E-state index contributed by atoms with van der Waals surface area (Å²) in [4.78, 5) is 15.4. The molecular formula is C9H13NO2. The molecular weight excluding hydrogens is 154 g/mol. The summed E-state index contributed by atoms with van der Waals surface area (Å²) < 4.78 is 4.69. The van der Waals surface area contributed by atoms with Gasteiger partial charge in [0, 0.05) is 6.21 Å². The molecule has 2 rings (SSSR count). The van der Waals surface area contributed by atoms with E-state index in [1.54, 1.807) is 0 Å². The Morgan fingerprint density at radius 1 is 1.58 bits per heavy atom. The molecule has 0 aromatic heterocycles. The molecule has 0 radical (unpaired) electrons. The van der Waals surface area contributed by atoms with Crippen molar-refractivity contribution in [2.24, 2.45) is 16.8 Å². The van der Waals surface area contributed by atoms with Gasteiger partial charge in [0.15, 0.2) is 6.04 Å². The van der Waals surface area contributed by atoms with Crippen LogP contribution in [0.25, 0.3) is 0 Å². The van der Waals surface area contributed by atoms with Crippen molar-refractivity contribution in [3.05, 3.63) is 0 Å². The van der Waals surface area contributed by atoms with Crippen LogP contribution in [0.2, 0.25) is 0 Å². The highest BCUT2D eigenvalue weighted by molar-refractivity contribution is 5.82. The topological polar surface area (TPSA) is 38.7 Å². The molecule has 12 heavy (non-hydrogen) atoms. The van der Waals surface area contributed by atoms with Gasteiger partial charge in [-0.3, -0.25) is 4.99 Å². The number of ether oxygens (including phenoxy) is 1. The van der Waals surface area contributed by atoms with Crippen molar-refractivity contribution < 1.29 is 9.53 Å². The Morgan fingerprint density at radius 2 is 2.42 bits per heavy atom. The molecule has 66 valence electrons. The molecule has 1 heterocycles. The minimum atomic E-state index is -0.192. The third kappa shape index (κ3) is 1.04. The Bertz CT molecular complexity index is 225. The zero-order valence-electron chi connectivity index (χ0n) is 7.19. The number of carbonyl (C=O) groups is 1. The highest BCUT2D eigenvalue weighted by Crippen LogP contribution is 2.38. The molecule has 3 atom stereocenters. The van der Waals surface area contributed by atoms with Gasteiger partial charge in [-0.25, -0.2) is 4.79 Å². The van der Waals surface area contributed by atoms with E-state index in [2.05, 4.69) is 9.73 Å². The fourth-order valence-corrected chi connectivity index (χ4v) is 2.26. The van der Waals surface area contributed by atoms with E-state index in [1.807, 2.05) is 6.21 Å². The summed E-state index contributed by atoms with van der Waals surface area (Å²) >= 11 is 0. The maximum Gasteiger partial charge on any atom is 0.330 e. The number of rotatable bonds is 1. The summed E-state index contributed by atoms with van der Waals surface area (Å²) in [6, 6.07) is -0.192. The van der Waals surface area contributed by atoms with Crippen molar-refractivity contribution in [1.82, 2.24) is 0 Å². The summed E-state index contributed by atoms with van der Waals surface area (Å²) in [5.74, 6) is 0.826.